The van der Waals surface area contributed by atoms with Gasteiger partial charge >= 0.3 is 0 Å². The summed E-state index contributed by atoms with van der Waals surface area (Å²) in [7, 11) is 0. The maximum Gasteiger partial charge on any atom is 0.287 e. The van der Waals surface area contributed by atoms with Crippen LogP contribution in [0.4, 0.5) is 11.5 Å². The molecule has 8 nitrogen and oxygen atoms in total. The van der Waals surface area contributed by atoms with Gasteiger partial charge in [-0.05, 0) is 42.3 Å². The summed E-state index contributed by atoms with van der Waals surface area (Å²) in [4.78, 5) is 31.1. The van der Waals surface area contributed by atoms with Gasteiger partial charge in [-0.1, -0.05) is 55.4 Å². The summed E-state index contributed by atoms with van der Waals surface area (Å²) in [5.74, 6) is 2.51. The lowest BCUT2D eigenvalue weighted by Crippen LogP contribution is -2.47. The number of nitrogens with zero attached hydrogens (tertiary/aromatic N) is 5. The Morgan fingerprint density at radius 2 is 1.80 bits per heavy atom. The molecule has 208 valence electrons. The number of halogens is 1. The normalized spacial score (nSPS) is 13.6. The summed E-state index contributed by atoms with van der Waals surface area (Å²) >= 11 is 7.94. The number of hydrogen-bond acceptors (Lipinski definition) is 8. The quantitative estimate of drug-likeness (QED) is 0.186. The zero-order valence-electron chi connectivity index (χ0n) is 22.7. The van der Waals surface area contributed by atoms with Gasteiger partial charge in [0.1, 0.15) is 11.6 Å². The average Bonchev–Trinajstić information content (AvgIpc) is 3.46. The van der Waals surface area contributed by atoms with E-state index < -0.39 is 0 Å². The van der Waals surface area contributed by atoms with E-state index >= 15 is 0 Å². The minimum Gasteiger partial charge on any atom is -0.455 e. The highest BCUT2D eigenvalue weighted by Gasteiger charge is 2.22. The molecule has 1 aliphatic heterocycles. The van der Waals surface area contributed by atoms with Gasteiger partial charge in [-0.25, -0.2) is 9.97 Å². The van der Waals surface area contributed by atoms with Crippen LogP contribution < -0.4 is 15.1 Å². The van der Waals surface area contributed by atoms with E-state index in [0.29, 0.717) is 35.4 Å². The molecule has 5 rings (SSSR count). The molecule has 4 heterocycles. The van der Waals surface area contributed by atoms with Crippen molar-refractivity contribution in [2.75, 3.05) is 42.5 Å². The van der Waals surface area contributed by atoms with Crippen molar-refractivity contribution in [3.05, 3.63) is 94.8 Å². The Kier molecular flexibility index (Phi) is 9.23. The van der Waals surface area contributed by atoms with Crippen LogP contribution in [0.3, 0.4) is 0 Å². The number of para-hydroxylation sites is 1. The number of piperazine rings is 1. The molecule has 1 fully saturated rings. The monoisotopic (exact) mass is 576 g/mol. The number of carbonyl (C=O) groups excluding carboxylic acids is 1. The Balaban J connectivity index is 1.18. The van der Waals surface area contributed by atoms with Crippen LogP contribution in [-0.4, -0.2) is 53.6 Å². The van der Waals surface area contributed by atoms with Crippen molar-refractivity contribution in [2.45, 2.75) is 37.1 Å². The van der Waals surface area contributed by atoms with E-state index in [0.717, 1.165) is 54.1 Å². The van der Waals surface area contributed by atoms with Crippen LogP contribution >= 0.6 is 23.4 Å². The molecule has 0 aliphatic carbocycles. The number of amides is 1. The number of hydrogen-bond donors (Lipinski definition) is 1. The fourth-order valence-electron chi connectivity index (χ4n) is 4.49. The number of aromatic nitrogens is 3. The lowest BCUT2D eigenvalue weighted by molar-refractivity contribution is 0.0925. The molecule has 1 aliphatic rings. The number of carbonyl (C=O) groups is 1. The first-order valence-electron chi connectivity index (χ1n) is 13.5. The molecule has 1 N–H and O–H groups in total. The Bertz CT molecular complexity index is 1420. The molecule has 40 heavy (non-hydrogen) atoms. The zero-order valence-corrected chi connectivity index (χ0v) is 24.3. The van der Waals surface area contributed by atoms with Crippen molar-refractivity contribution in [3.8, 4) is 0 Å². The number of furan rings is 1. The lowest BCUT2D eigenvalue weighted by atomic mass is 10.1. The van der Waals surface area contributed by atoms with Gasteiger partial charge < -0.3 is 19.5 Å². The summed E-state index contributed by atoms with van der Waals surface area (Å²) in [6.07, 6.45) is 2.41. The fourth-order valence-corrected chi connectivity index (χ4v) is 5.50. The molecule has 0 spiro atoms. The molecule has 0 bridgehead atoms. The Morgan fingerprint density at radius 1 is 1.02 bits per heavy atom. The van der Waals surface area contributed by atoms with Crippen molar-refractivity contribution >= 4 is 40.8 Å². The fraction of sp³-hybridized carbons (Fsp3) is 0.333. The summed E-state index contributed by atoms with van der Waals surface area (Å²) in [6, 6.07) is 19.4. The average molecular weight is 577 g/mol. The number of thioether (sulfide) groups is 1. The van der Waals surface area contributed by atoms with Crippen LogP contribution in [0.5, 0.6) is 0 Å². The van der Waals surface area contributed by atoms with Crippen LogP contribution in [0, 0.1) is 0 Å². The van der Waals surface area contributed by atoms with E-state index in [-0.39, 0.29) is 11.8 Å². The van der Waals surface area contributed by atoms with E-state index in [1.165, 1.54) is 11.8 Å². The molecule has 1 amide bonds. The molecular formula is C30H33ClN6O2S. The third-order valence-corrected chi connectivity index (χ3v) is 7.91. The van der Waals surface area contributed by atoms with Crippen LogP contribution in [0.2, 0.25) is 5.02 Å². The zero-order chi connectivity index (χ0) is 27.9. The number of benzene rings is 1. The van der Waals surface area contributed by atoms with Crippen LogP contribution in [0.1, 0.15) is 47.5 Å². The lowest BCUT2D eigenvalue weighted by Gasteiger charge is -2.37. The van der Waals surface area contributed by atoms with Gasteiger partial charge in [0.2, 0.25) is 0 Å². The summed E-state index contributed by atoms with van der Waals surface area (Å²) in [5.41, 5.74) is 3.02. The summed E-state index contributed by atoms with van der Waals surface area (Å²) < 4.78 is 5.83. The van der Waals surface area contributed by atoms with Gasteiger partial charge in [-0.2, -0.15) is 0 Å². The second-order valence-corrected chi connectivity index (χ2v) is 11.2. The third-order valence-electron chi connectivity index (χ3n) is 6.72. The number of rotatable bonds is 10. The van der Waals surface area contributed by atoms with Gasteiger partial charge in [0.15, 0.2) is 10.9 Å². The predicted octanol–water partition coefficient (Wildman–Crippen LogP) is 5.83. The minimum absolute atomic E-state index is 0.233. The van der Waals surface area contributed by atoms with Crippen LogP contribution in [-0.2, 0) is 12.2 Å². The van der Waals surface area contributed by atoms with Crippen molar-refractivity contribution in [3.63, 3.8) is 0 Å². The number of pyridine rings is 1. The third kappa shape index (κ3) is 7.14. The largest absolute Gasteiger partial charge is 0.455 e. The van der Waals surface area contributed by atoms with Crippen LogP contribution in [0.25, 0.3) is 0 Å². The maximum atomic E-state index is 12.5. The molecule has 10 heteroatoms. The number of nitrogens with one attached hydrogen (secondary N) is 1. The topological polar surface area (TPSA) is 87.4 Å². The van der Waals surface area contributed by atoms with E-state index in [4.69, 9.17) is 26.0 Å². The van der Waals surface area contributed by atoms with Crippen molar-refractivity contribution < 1.29 is 9.21 Å². The van der Waals surface area contributed by atoms with Gasteiger partial charge in [-0.15, -0.1) is 0 Å². The van der Waals surface area contributed by atoms with Gasteiger partial charge in [0.05, 0.1) is 16.5 Å². The highest BCUT2D eigenvalue weighted by atomic mass is 35.5. The molecule has 0 radical (unpaired) electrons. The van der Waals surface area contributed by atoms with Gasteiger partial charge in [-0.3, -0.25) is 9.78 Å². The highest BCUT2D eigenvalue weighted by Crippen LogP contribution is 2.29. The predicted molar refractivity (Wildman–Crippen MR) is 161 cm³/mol. The van der Waals surface area contributed by atoms with Gasteiger partial charge in [0.25, 0.3) is 5.91 Å². The van der Waals surface area contributed by atoms with E-state index in [1.807, 2.05) is 42.5 Å². The molecule has 1 aromatic carbocycles. The van der Waals surface area contributed by atoms with Gasteiger partial charge in [0, 0.05) is 62.8 Å². The van der Waals surface area contributed by atoms with E-state index in [9.17, 15) is 4.79 Å². The first kappa shape index (κ1) is 28.0. The van der Waals surface area contributed by atoms with E-state index in [1.54, 1.807) is 12.3 Å². The molecular weight excluding hydrogens is 544 g/mol. The minimum atomic E-state index is -0.233. The molecule has 0 saturated carbocycles. The molecule has 3 aromatic heterocycles. The first-order chi connectivity index (χ1) is 19.5. The summed E-state index contributed by atoms with van der Waals surface area (Å²) in [6.45, 7) is 8.20. The van der Waals surface area contributed by atoms with Crippen molar-refractivity contribution in [2.24, 2.45) is 0 Å². The SMILES string of the molecule is CC(C)c1cc(N2CCN(c3ccccc3Cl)CC2)nc(SCc2ccc(C(=O)NCCc3ccccn3)o2)n1. The summed E-state index contributed by atoms with van der Waals surface area (Å²) in [5, 5.41) is 4.38. The standard InChI is InChI=1S/C30H33ClN6O2S/c1-21(2)25-19-28(37-17-15-36(16-18-37)26-9-4-3-8-24(26)31)35-30(34-25)40-20-23-10-11-27(39-23)29(38)33-14-12-22-7-5-6-13-32-22/h3-11,13,19,21H,12,14-18,20H2,1-2H3,(H,33,38). The second kappa shape index (κ2) is 13.2. The van der Waals surface area contributed by atoms with Crippen molar-refractivity contribution in [1.82, 2.24) is 20.3 Å². The molecule has 4 aromatic rings. The van der Waals surface area contributed by atoms with Crippen LogP contribution in [0.15, 0.2) is 76.4 Å². The van der Waals surface area contributed by atoms with Crippen molar-refractivity contribution in [1.29, 1.82) is 0 Å². The Hall–Kier alpha value is -3.56. The first-order valence-corrected chi connectivity index (χ1v) is 14.9. The molecule has 0 unspecified atom stereocenters. The molecule has 1 saturated heterocycles. The Labute approximate surface area is 244 Å². The molecule has 0 atom stereocenters. The highest BCUT2D eigenvalue weighted by molar-refractivity contribution is 7.98. The smallest absolute Gasteiger partial charge is 0.287 e. The Morgan fingerprint density at radius 3 is 2.55 bits per heavy atom. The maximum absolute atomic E-state index is 12.5. The van der Waals surface area contributed by atoms with E-state index in [2.05, 4.69) is 46.1 Å². The second-order valence-electron chi connectivity index (χ2n) is 9.90. The number of anilines is 2.